The number of ether oxygens (including phenoxy) is 1. The largest absolute Gasteiger partial charge is 0.464 e. The summed E-state index contributed by atoms with van der Waals surface area (Å²) in [6.45, 7) is 1.63. The smallest absolute Gasteiger partial charge is 0.359 e. The first kappa shape index (κ1) is 21.0. The van der Waals surface area contributed by atoms with Crippen LogP contribution in [-0.2, 0) is 22.6 Å². The van der Waals surface area contributed by atoms with E-state index in [0.29, 0.717) is 0 Å². The second kappa shape index (κ2) is 8.13. The summed E-state index contributed by atoms with van der Waals surface area (Å²) in [4.78, 5) is 44.4. The number of hydrogen-bond donors (Lipinski definition) is 1. The second-order valence-corrected chi connectivity index (χ2v) is 8.27. The average Bonchev–Trinajstić information content (AvgIpc) is 3.41. The lowest BCUT2D eigenvalue weighted by Crippen LogP contribution is -2.64. The minimum absolute atomic E-state index is 0.0364. The molecule has 0 saturated heterocycles. The lowest BCUT2D eigenvalue weighted by molar-refractivity contribution is -0.134. The fourth-order valence-electron chi connectivity index (χ4n) is 4.39. The molecule has 1 saturated carbocycles. The number of imidazole rings is 1. The van der Waals surface area contributed by atoms with Gasteiger partial charge in [0.15, 0.2) is 5.69 Å². The summed E-state index contributed by atoms with van der Waals surface area (Å²) in [6.07, 6.45) is 5.25. The summed E-state index contributed by atoms with van der Waals surface area (Å²) in [5.74, 6) is -2.09. The molecule has 2 aliphatic rings. The lowest BCUT2D eigenvalue weighted by Gasteiger charge is -2.44. The van der Waals surface area contributed by atoms with Gasteiger partial charge in [0.2, 0.25) is 5.91 Å². The first-order valence-electron chi connectivity index (χ1n) is 10.3. The van der Waals surface area contributed by atoms with Gasteiger partial charge in [0.1, 0.15) is 17.1 Å². The number of fused-ring (bicyclic) bond motifs is 1. The van der Waals surface area contributed by atoms with E-state index in [1.807, 2.05) is 0 Å². The second-order valence-electron chi connectivity index (χ2n) is 8.27. The molecule has 1 aromatic heterocycles. The van der Waals surface area contributed by atoms with Gasteiger partial charge in [0.25, 0.3) is 5.91 Å². The third-order valence-electron chi connectivity index (χ3n) is 6.20. The standard InChI is InChI=1S/C22H25FN4O4/c1-22(21(30)25-15-8-4-5-9-15)12-26-13-24-17(20(29)31-2)18(26)19(28)27(22)11-14-7-3-6-10-16(14)23/h3,6-7,10,13,15H,4-5,8-9,11-12H2,1-2H3,(H,25,30). The summed E-state index contributed by atoms with van der Waals surface area (Å²) in [6, 6.07) is 6.18. The third kappa shape index (κ3) is 3.68. The minimum Gasteiger partial charge on any atom is -0.464 e. The Bertz CT molecular complexity index is 1030. The molecule has 1 aliphatic heterocycles. The van der Waals surface area contributed by atoms with Crippen LogP contribution in [0.15, 0.2) is 30.6 Å². The fraction of sp³-hybridized carbons (Fsp3) is 0.455. The van der Waals surface area contributed by atoms with Crippen LogP contribution in [0, 0.1) is 5.82 Å². The Hall–Kier alpha value is -3.23. The molecule has 1 fully saturated rings. The number of rotatable bonds is 5. The first-order chi connectivity index (χ1) is 14.8. The van der Waals surface area contributed by atoms with Crippen molar-refractivity contribution in [2.45, 2.75) is 57.3 Å². The van der Waals surface area contributed by atoms with Crippen molar-refractivity contribution in [1.82, 2.24) is 19.8 Å². The zero-order valence-electron chi connectivity index (χ0n) is 17.6. The number of aromatic nitrogens is 2. The normalized spacial score (nSPS) is 21.1. The van der Waals surface area contributed by atoms with Crippen LogP contribution < -0.4 is 5.32 Å². The Balaban J connectivity index is 1.75. The van der Waals surface area contributed by atoms with Gasteiger partial charge in [0, 0.05) is 11.6 Å². The highest BCUT2D eigenvalue weighted by atomic mass is 19.1. The number of benzene rings is 1. The number of nitrogens with one attached hydrogen (secondary N) is 1. The number of amides is 2. The Kier molecular flexibility index (Phi) is 5.51. The van der Waals surface area contributed by atoms with Crippen molar-refractivity contribution in [3.8, 4) is 0 Å². The topological polar surface area (TPSA) is 93.5 Å². The molecule has 2 amide bonds. The Morgan fingerprint density at radius 1 is 1.29 bits per heavy atom. The van der Waals surface area contributed by atoms with E-state index in [1.165, 1.54) is 29.0 Å². The van der Waals surface area contributed by atoms with Crippen molar-refractivity contribution < 1.29 is 23.5 Å². The predicted octanol–water partition coefficient (Wildman–Crippen LogP) is 2.28. The maximum atomic E-state index is 14.4. The molecule has 1 N–H and O–H groups in total. The number of carbonyl (C=O) groups is 3. The molecule has 0 bridgehead atoms. The van der Waals surface area contributed by atoms with Gasteiger partial charge in [-0.2, -0.15) is 0 Å². The highest BCUT2D eigenvalue weighted by Gasteiger charge is 2.49. The van der Waals surface area contributed by atoms with Crippen molar-refractivity contribution in [2.24, 2.45) is 0 Å². The molecule has 1 aliphatic carbocycles. The molecule has 164 valence electrons. The van der Waals surface area contributed by atoms with Gasteiger partial charge in [0.05, 0.1) is 26.5 Å². The third-order valence-corrected chi connectivity index (χ3v) is 6.20. The molecular formula is C22H25FN4O4. The van der Waals surface area contributed by atoms with E-state index >= 15 is 0 Å². The van der Waals surface area contributed by atoms with Crippen LogP contribution in [0.2, 0.25) is 0 Å². The Labute approximate surface area is 179 Å². The summed E-state index contributed by atoms with van der Waals surface area (Å²) in [5, 5.41) is 3.06. The molecule has 2 heterocycles. The van der Waals surface area contributed by atoms with Gasteiger partial charge in [-0.1, -0.05) is 31.0 Å². The lowest BCUT2D eigenvalue weighted by atomic mass is 9.93. The molecule has 1 aromatic carbocycles. The van der Waals surface area contributed by atoms with Crippen LogP contribution in [0.1, 0.15) is 59.1 Å². The SMILES string of the molecule is COC(=O)c1ncn2c1C(=O)N(Cc1ccccc1F)C(C)(C(=O)NC1CCCC1)C2. The molecule has 0 spiro atoms. The molecule has 2 aromatic rings. The summed E-state index contributed by atoms with van der Waals surface area (Å²) in [5.41, 5.74) is -1.09. The summed E-state index contributed by atoms with van der Waals surface area (Å²) >= 11 is 0. The average molecular weight is 428 g/mol. The zero-order chi connectivity index (χ0) is 22.2. The van der Waals surface area contributed by atoms with Gasteiger partial charge in [-0.05, 0) is 25.8 Å². The monoisotopic (exact) mass is 428 g/mol. The summed E-state index contributed by atoms with van der Waals surface area (Å²) in [7, 11) is 1.21. The number of carbonyl (C=O) groups excluding carboxylic acids is 3. The molecule has 1 atom stereocenters. The summed E-state index contributed by atoms with van der Waals surface area (Å²) < 4.78 is 20.7. The number of nitrogens with zero attached hydrogens (tertiary/aromatic N) is 3. The number of methoxy groups -OCH3 is 1. The van der Waals surface area contributed by atoms with E-state index in [0.717, 1.165) is 25.7 Å². The van der Waals surface area contributed by atoms with Crippen LogP contribution in [0.3, 0.4) is 0 Å². The van der Waals surface area contributed by atoms with Crippen molar-refractivity contribution in [1.29, 1.82) is 0 Å². The molecule has 9 heteroatoms. The molecule has 1 unspecified atom stereocenters. The molecule has 8 nitrogen and oxygen atoms in total. The highest BCUT2D eigenvalue weighted by molar-refractivity contribution is 6.06. The van der Waals surface area contributed by atoms with Gasteiger partial charge >= 0.3 is 5.97 Å². The van der Waals surface area contributed by atoms with E-state index in [2.05, 4.69) is 10.3 Å². The van der Waals surface area contributed by atoms with Crippen LogP contribution in [0.5, 0.6) is 0 Å². The molecule has 4 rings (SSSR count). The fourth-order valence-corrected chi connectivity index (χ4v) is 4.39. The maximum absolute atomic E-state index is 14.4. The van der Waals surface area contributed by atoms with Crippen molar-refractivity contribution in [3.63, 3.8) is 0 Å². The van der Waals surface area contributed by atoms with Crippen LogP contribution in [0.4, 0.5) is 4.39 Å². The minimum atomic E-state index is -1.29. The van der Waals surface area contributed by atoms with Gasteiger partial charge in [-0.3, -0.25) is 9.59 Å². The van der Waals surface area contributed by atoms with Crippen molar-refractivity contribution in [3.05, 3.63) is 53.4 Å². The zero-order valence-corrected chi connectivity index (χ0v) is 17.6. The van der Waals surface area contributed by atoms with Crippen LogP contribution >= 0.6 is 0 Å². The van der Waals surface area contributed by atoms with Crippen LogP contribution in [0.25, 0.3) is 0 Å². The quantitative estimate of drug-likeness (QED) is 0.738. The molecule has 0 radical (unpaired) electrons. The number of halogens is 1. The number of esters is 1. The number of hydrogen-bond acceptors (Lipinski definition) is 5. The van der Waals surface area contributed by atoms with E-state index in [9.17, 15) is 18.8 Å². The van der Waals surface area contributed by atoms with Gasteiger partial charge < -0.3 is 19.5 Å². The predicted molar refractivity (Wildman–Crippen MR) is 109 cm³/mol. The molecule has 31 heavy (non-hydrogen) atoms. The van der Waals surface area contributed by atoms with Gasteiger partial charge in [-0.25, -0.2) is 14.2 Å². The highest BCUT2D eigenvalue weighted by Crippen LogP contribution is 2.32. The Morgan fingerprint density at radius 2 is 2.00 bits per heavy atom. The first-order valence-corrected chi connectivity index (χ1v) is 10.3. The van der Waals surface area contributed by atoms with E-state index in [4.69, 9.17) is 4.74 Å². The van der Waals surface area contributed by atoms with Crippen molar-refractivity contribution in [2.75, 3.05) is 7.11 Å². The maximum Gasteiger partial charge on any atom is 0.359 e. The van der Waals surface area contributed by atoms with E-state index in [-0.39, 0.29) is 42.0 Å². The van der Waals surface area contributed by atoms with Crippen molar-refractivity contribution >= 4 is 17.8 Å². The van der Waals surface area contributed by atoms with Crippen LogP contribution in [-0.4, -0.2) is 50.9 Å². The van der Waals surface area contributed by atoms with E-state index < -0.39 is 23.2 Å². The van der Waals surface area contributed by atoms with Gasteiger partial charge in [-0.15, -0.1) is 0 Å². The Morgan fingerprint density at radius 3 is 2.68 bits per heavy atom. The van der Waals surface area contributed by atoms with E-state index in [1.54, 1.807) is 25.1 Å². The molecular weight excluding hydrogens is 403 g/mol.